The molecule has 1 N–H and O–H groups in total. The third-order valence-corrected chi connectivity index (χ3v) is 2.29. The summed E-state index contributed by atoms with van der Waals surface area (Å²) in [6, 6.07) is 9.32. The Balaban J connectivity index is 2.09. The molecule has 0 spiro atoms. The fourth-order valence-corrected chi connectivity index (χ4v) is 1.50. The summed E-state index contributed by atoms with van der Waals surface area (Å²) in [5, 5.41) is 13.2. The van der Waals surface area contributed by atoms with Crippen molar-refractivity contribution in [3.63, 3.8) is 0 Å². The van der Waals surface area contributed by atoms with Gasteiger partial charge in [0.2, 0.25) is 5.91 Å². The van der Waals surface area contributed by atoms with Crippen LogP contribution in [0.2, 0.25) is 0 Å². The van der Waals surface area contributed by atoms with Gasteiger partial charge in [0.15, 0.2) is 0 Å². The highest BCUT2D eigenvalue weighted by Crippen LogP contribution is 2.23. The summed E-state index contributed by atoms with van der Waals surface area (Å²) in [5.41, 5.74) is 0.0457. The summed E-state index contributed by atoms with van der Waals surface area (Å²) in [6.07, 6.45) is 1.51. The van der Waals surface area contributed by atoms with E-state index in [4.69, 9.17) is 4.42 Å². The van der Waals surface area contributed by atoms with E-state index in [1.807, 2.05) is 0 Å². The molecule has 1 amide bonds. The lowest BCUT2D eigenvalue weighted by Crippen LogP contribution is -2.14. The van der Waals surface area contributed by atoms with E-state index in [0.29, 0.717) is 5.76 Å². The van der Waals surface area contributed by atoms with Gasteiger partial charge in [0.05, 0.1) is 17.6 Å². The van der Waals surface area contributed by atoms with Gasteiger partial charge in [-0.2, -0.15) is 0 Å². The number of nitrogens with zero attached hydrogens (tertiary/aromatic N) is 1. The van der Waals surface area contributed by atoms with E-state index in [9.17, 15) is 14.9 Å². The van der Waals surface area contributed by atoms with Crippen molar-refractivity contribution in [1.29, 1.82) is 0 Å². The number of carbonyl (C=O) groups excluding carboxylic acids is 1. The molecule has 0 unspecified atom stereocenters. The molecule has 2 aromatic rings. The minimum absolute atomic E-state index is 0.0407. The lowest BCUT2D eigenvalue weighted by Gasteiger charge is -2.04. The van der Waals surface area contributed by atoms with E-state index in [1.165, 1.54) is 18.4 Å². The number of nitrogens with one attached hydrogen (secondary N) is 1. The van der Waals surface area contributed by atoms with Crippen molar-refractivity contribution in [2.75, 3.05) is 5.32 Å². The summed E-state index contributed by atoms with van der Waals surface area (Å²) >= 11 is 0. The van der Waals surface area contributed by atoms with E-state index in [-0.39, 0.29) is 23.7 Å². The predicted octanol–water partition coefficient (Wildman–Crippen LogP) is 2.37. The number of anilines is 1. The topological polar surface area (TPSA) is 85.4 Å². The van der Waals surface area contributed by atoms with Crippen LogP contribution in [0, 0.1) is 10.1 Å². The number of hydrogen-bond donors (Lipinski definition) is 1. The molecule has 0 saturated carbocycles. The molecule has 1 aromatic heterocycles. The van der Waals surface area contributed by atoms with Crippen molar-refractivity contribution in [2.24, 2.45) is 0 Å². The molecule has 0 atom stereocenters. The number of hydrogen-bond acceptors (Lipinski definition) is 4. The third kappa shape index (κ3) is 2.73. The van der Waals surface area contributed by atoms with E-state index in [0.717, 1.165) is 0 Å². The van der Waals surface area contributed by atoms with E-state index >= 15 is 0 Å². The minimum Gasteiger partial charge on any atom is -0.469 e. The molecular formula is C12H10N2O4. The summed E-state index contributed by atoms with van der Waals surface area (Å²) in [7, 11) is 0. The van der Waals surface area contributed by atoms with Crippen LogP contribution >= 0.6 is 0 Å². The first-order chi connectivity index (χ1) is 8.66. The average Bonchev–Trinajstić information content (AvgIpc) is 2.82. The second kappa shape index (κ2) is 5.13. The van der Waals surface area contributed by atoms with Crippen molar-refractivity contribution in [3.8, 4) is 0 Å². The van der Waals surface area contributed by atoms with Gasteiger partial charge < -0.3 is 9.73 Å². The van der Waals surface area contributed by atoms with Gasteiger partial charge in [-0.3, -0.25) is 14.9 Å². The molecular weight excluding hydrogens is 236 g/mol. The zero-order valence-corrected chi connectivity index (χ0v) is 9.33. The third-order valence-electron chi connectivity index (χ3n) is 2.29. The summed E-state index contributed by atoms with van der Waals surface area (Å²) in [6.45, 7) is 0. The lowest BCUT2D eigenvalue weighted by atomic mass is 10.2. The quantitative estimate of drug-likeness (QED) is 0.662. The van der Waals surface area contributed by atoms with Crippen LogP contribution in [0.25, 0.3) is 0 Å². The van der Waals surface area contributed by atoms with Gasteiger partial charge in [-0.1, -0.05) is 12.1 Å². The number of nitro groups is 1. The second-order valence-electron chi connectivity index (χ2n) is 3.58. The van der Waals surface area contributed by atoms with Gasteiger partial charge in [-0.05, 0) is 18.2 Å². The first-order valence-electron chi connectivity index (χ1n) is 5.22. The number of carbonyl (C=O) groups is 1. The molecule has 6 heteroatoms. The molecule has 18 heavy (non-hydrogen) atoms. The Bertz CT molecular complexity index is 563. The van der Waals surface area contributed by atoms with E-state index in [2.05, 4.69) is 5.32 Å². The molecule has 0 bridgehead atoms. The second-order valence-corrected chi connectivity index (χ2v) is 3.58. The van der Waals surface area contributed by atoms with Gasteiger partial charge in [0.1, 0.15) is 11.4 Å². The van der Waals surface area contributed by atoms with Crippen LogP contribution in [-0.2, 0) is 11.2 Å². The highest BCUT2D eigenvalue weighted by Gasteiger charge is 2.15. The molecule has 0 aliphatic carbocycles. The molecule has 2 rings (SSSR count). The highest BCUT2D eigenvalue weighted by atomic mass is 16.6. The predicted molar refractivity (Wildman–Crippen MR) is 64.1 cm³/mol. The van der Waals surface area contributed by atoms with Crippen molar-refractivity contribution in [1.82, 2.24) is 0 Å². The number of para-hydroxylation sites is 2. The Hall–Kier alpha value is -2.63. The smallest absolute Gasteiger partial charge is 0.292 e. The fraction of sp³-hybridized carbons (Fsp3) is 0.0833. The van der Waals surface area contributed by atoms with E-state index < -0.39 is 4.92 Å². The standard InChI is InChI=1S/C12H10N2O4/c15-12(8-9-4-3-7-18-9)13-10-5-1-2-6-11(10)14(16)17/h1-7H,8H2,(H,13,15). The van der Waals surface area contributed by atoms with Crippen LogP contribution in [0.1, 0.15) is 5.76 Å². The van der Waals surface area contributed by atoms with Gasteiger partial charge in [-0.15, -0.1) is 0 Å². The fourth-order valence-electron chi connectivity index (χ4n) is 1.50. The van der Waals surface area contributed by atoms with Crippen LogP contribution in [-0.4, -0.2) is 10.8 Å². The highest BCUT2D eigenvalue weighted by molar-refractivity contribution is 5.94. The van der Waals surface area contributed by atoms with Crippen molar-refractivity contribution in [2.45, 2.75) is 6.42 Å². The maximum absolute atomic E-state index is 11.7. The zero-order chi connectivity index (χ0) is 13.0. The normalized spacial score (nSPS) is 10.0. The molecule has 0 aliphatic heterocycles. The minimum atomic E-state index is -0.539. The molecule has 0 radical (unpaired) electrons. The SMILES string of the molecule is O=C(Cc1ccco1)Nc1ccccc1[N+](=O)[O-]. The Morgan fingerprint density at radius 2 is 2.06 bits per heavy atom. The zero-order valence-electron chi connectivity index (χ0n) is 9.33. The monoisotopic (exact) mass is 246 g/mol. The molecule has 0 saturated heterocycles. The Kier molecular flexibility index (Phi) is 3.38. The van der Waals surface area contributed by atoms with Crippen LogP contribution in [0.15, 0.2) is 47.1 Å². The molecule has 92 valence electrons. The van der Waals surface area contributed by atoms with Crippen LogP contribution in [0.4, 0.5) is 11.4 Å². The van der Waals surface area contributed by atoms with Gasteiger partial charge in [0, 0.05) is 6.07 Å². The number of furan rings is 1. The molecule has 6 nitrogen and oxygen atoms in total. The number of rotatable bonds is 4. The number of amides is 1. The number of benzene rings is 1. The van der Waals surface area contributed by atoms with Crippen LogP contribution in [0.5, 0.6) is 0 Å². The van der Waals surface area contributed by atoms with Crippen LogP contribution in [0.3, 0.4) is 0 Å². The van der Waals surface area contributed by atoms with Crippen LogP contribution < -0.4 is 5.32 Å². The molecule has 1 heterocycles. The molecule has 0 fully saturated rings. The average molecular weight is 246 g/mol. The largest absolute Gasteiger partial charge is 0.469 e. The Morgan fingerprint density at radius 1 is 1.28 bits per heavy atom. The summed E-state index contributed by atoms with van der Waals surface area (Å²) in [5.74, 6) is 0.144. The van der Waals surface area contributed by atoms with Gasteiger partial charge in [-0.25, -0.2) is 0 Å². The summed E-state index contributed by atoms with van der Waals surface area (Å²) in [4.78, 5) is 21.9. The summed E-state index contributed by atoms with van der Waals surface area (Å²) < 4.78 is 5.02. The Morgan fingerprint density at radius 3 is 2.72 bits per heavy atom. The lowest BCUT2D eigenvalue weighted by molar-refractivity contribution is -0.383. The maximum atomic E-state index is 11.7. The maximum Gasteiger partial charge on any atom is 0.292 e. The van der Waals surface area contributed by atoms with Gasteiger partial charge in [0.25, 0.3) is 5.69 Å². The number of nitro benzene ring substituents is 1. The molecule has 0 aliphatic rings. The first kappa shape index (κ1) is 11.8. The van der Waals surface area contributed by atoms with E-state index in [1.54, 1.807) is 24.3 Å². The van der Waals surface area contributed by atoms with Crippen molar-refractivity contribution < 1.29 is 14.1 Å². The Labute approximate surface area is 102 Å². The molecule has 1 aromatic carbocycles. The van der Waals surface area contributed by atoms with Crippen molar-refractivity contribution in [3.05, 3.63) is 58.5 Å². The van der Waals surface area contributed by atoms with Gasteiger partial charge >= 0.3 is 0 Å². The first-order valence-corrected chi connectivity index (χ1v) is 5.22. The van der Waals surface area contributed by atoms with Crippen molar-refractivity contribution >= 4 is 17.3 Å².